The summed E-state index contributed by atoms with van der Waals surface area (Å²) in [5, 5.41) is 20.2. The lowest BCUT2D eigenvalue weighted by Gasteiger charge is -2.31. The van der Waals surface area contributed by atoms with Crippen LogP contribution < -0.4 is 10.1 Å². The van der Waals surface area contributed by atoms with E-state index in [-0.39, 0.29) is 0 Å². The van der Waals surface area contributed by atoms with Gasteiger partial charge in [-0.05, 0) is 62.4 Å². The second kappa shape index (κ2) is 15.8. The molecule has 39 heavy (non-hydrogen) atoms. The molecule has 0 amide bonds. The maximum Gasteiger partial charge on any atom is 0.328 e. The number of unbranched alkanes of at least 4 members (excludes halogenated alkanes) is 2. The number of amidine groups is 1. The molecule has 1 saturated heterocycles. The molecule has 2 aromatic carbocycles. The van der Waals surface area contributed by atoms with E-state index < -0.39 is 23.6 Å². The highest BCUT2D eigenvalue weighted by Crippen LogP contribution is 2.29. The number of nitrogens with one attached hydrogen (secondary N) is 1. The first-order chi connectivity index (χ1) is 18.8. The average molecular weight is 562 g/mol. The second-order valence-corrected chi connectivity index (χ2v) is 10.0. The number of carboxylic acid groups (broad SMARTS) is 2. The van der Waals surface area contributed by atoms with E-state index in [9.17, 15) is 18.4 Å². The minimum absolute atomic E-state index is 0.386. The van der Waals surface area contributed by atoms with E-state index in [1.165, 1.54) is 17.3 Å². The molecule has 4 rings (SSSR count). The molecule has 0 bridgehead atoms. The zero-order chi connectivity index (χ0) is 28.0. The third kappa shape index (κ3) is 11.1. The Labute approximate surface area is 230 Å². The quantitative estimate of drug-likeness (QED) is 0.261. The smallest absolute Gasteiger partial charge is 0.328 e. The predicted octanol–water partition coefficient (Wildman–Crippen LogP) is 5.41. The lowest BCUT2D eigenvalue weighted by atomic mass is 10.1. The van der Waals surface area contributed by atoms with E-state index in [0.717, 1.165) is 74.8 Å². The molecular weight excluding hydrogens is 528 g/mol. The van der Waals surface area contributed by atoms with Crippen LogP contribution in [0.2, 0.25) is 0 Å². The maximum atomic E-state index is 13.2. The minimum atomic E-state index is -1.26. The molecule has 2 aromatic rings. The molecule has 0 aromatic heterocycles. The lowest BCUT2D eigenvalue weighted by molar-refractivity contribution is -0.134. The van der Waals surface area contributed by atoms with Crippen LogP contribution in [0.5, 0.6) is 5.75 Å². The minimum Gasteiger partial charge on any atom is -0.493 e. The van der Waals surface area contributed by atoms with Crippen LogP contribution in [0, 0.1) is 11.6 Å². The molecule has 0 saturated carbocycles. The van der Waals surface area contributed by atoms with Gasteiger partial charge in [-0.1, -0.05) is 30.0 Å². The first-order valence-corrected chi connectivity index (χ1v) is 13.8. The van der Waals surface area contributed by atoms with Crippen molar-refractivity contribution in [3.8, 4) is 5.75 Å². The summed E-state index contributed by atoms with van der Waals surface area (Å²) in [6.07, 6.45) is 6.41. The third-order valence-corrected chi connectivity index (χ3v) is 7.06. The number of hydrogen-bond donors (Lipinski definition) is 3. The molecule has 0 radical (unpaired) electrons. The fourth-order valence-corrected chi connectivity index (χ4v) is 5.04. The molecule has 1 fully saturated rings. The van der Waals surface area contributed by atoms with Crippen LogP contribution in [-0.2, 0) is 15.3 Å². The number of piperidine rings is 1. The van der Waals surface area contributed by atoms with Gasteiger partial charge in [0.15, 0.2) is 16.8 Å². The zero-order valence-corrected chi connectivity index (χ0v) is 22.3. The van der Waals surface area contributed by atoms with Crippen LogP contribution >= 0.6 is 11.8 Å². The SMILES string of the molecule is Fc1ccc(OCCCCCN2CCC(N=C3Nc4ccccc4CS3)CC2)cc1F.O=C(O)C=CC(=O)O. The van der Waals surface area contributed by atoms with Gasteiger partial charge in [-0.25, -0.2) is 18.4 Å². The Balaban J connectivity index is 0.000000459. The molecule has 210 valence electrons. The molecule has 0 unspecified atom stereocenters. The van der Waals surface area contributed by atoms with Crippen molar-refractivity contribution in [1.29, 1.82) is 0 Å². The number of likely N-dealkylation sites (tertiary alicyclic amines) is 1. The number of aliphatic carboxylic acids is 2. The van der Waals surface area contributed by atoms with Crippen LogP contribution in [0.3, 0.4) is 0 Å². The Hall–Kier alpha value is -3.44. The second-order valence-electron chi connectivity index (χ2n) is 9.07. The third-order valence-electron chi connectivity index (χ3n) is 6.13. The Morgan fingerprint density at radius 3 is 2.44 bits per heavy atom. The first-order valence-electron chi connectivity index (χ1n) is 12.8. The number of aliphatic imine (C=N–C) groups is 1. The summed E-state index contributed by atoms with van der Waals surface area (Å²) in [6.45, 7) is 3.80. The van der Waals surface area contributed by atoms with Crippen LogP contribution in [0.4, 0.5) is 14.5 Å². The van der Waals surface area contributed by atoms with Crippen molar-refractivity contribution in [3.05, 3.63) is 71.8 Å². The number of nitrogens with zero attached hydrogens (tertiary/aromatic N) is 2. The van der Waals surface area contributed by atoms with Crippen LogP contribution in [0.25, 0.3) is 0 Å². The molecule has 8 nitrogen and oxygen atoms in total. The predicted molar refractivity (Wildman–Crippen MR) is 148 cm³/mol. The van der Waals surface area contributed by atoms with Gasteiger partial charge in [-0.3, -0.25) is 4.99 Å². The Kier molecular flexibility index (Phi) is 12.2. The van der Waals surface area contributed by atoms with Gasteiger partial charge >= 0.3 is 11.9 Å². The van der Waals surface area contributed by atoms with E-state index in [2.05, 4.69) is 34.5 Å². The van der Waals surface area contributed by atoms with Gasteiger partial charge in [0.2, 0.25) is 0 Å². The van der Waals surface area contributed by atoms with Crippen molar-refractivity contribution >= 4 is 34.6 Å². The van der Waals surface area contributed by atoms with Gasteiger partial charge in [0.05, 0.1) is 12.6 Å². The number of anilines is 1. The van der Waals surface area contributed by atoms with Crippen molar-refractivity contribution in [2.24, 2.45) is 4.99 Å². The normalized spacial score (nSPS) is 16.7. The summed E-state index contributed by atoms with van der Waals surface area (Å²) in [6, 6.07) is 12.5. The number of ether oxygens (including phenoxy) is 1. The van der Waals surface area contributed by atoms with Crippen molar-refractivity contribution in [2.45, 2.75) is 43.9 Å². The van der Waals surface area contributed by atoms with Crippen molar-refractivity contribution < 1.29 is 33.3 Å². The van der Waals surface area contributed by atoms with Crippen molar-refractivity contribution in [1.82, 2.24) is 4.90 Å². The molecule has 0 spiro atoms. The highest BCUT2D eigenvalue weighted by atomic mass is 32.2. The molecular formula is C28H33F2N3O5S. The van der Waals surface area contributed by atoms with Crippen molar-refractivity contribution in [3.63, 3.8) is 0 Å². The average Bonchev–Trinajstić information content (AvgIpc) is 2.92. The number of carbonyl (C=O) groups is 2. The van der Waals surface area contributed by atoms with E-state index in [4.69, 9.17) is 19.9 Å². The highest BCUT2D eigenvalue weighted by Gasteiger charge is 2.20. The molecule has 2 heterocycles. The number of fused-ring (bicyclic) bond motifs is 1. The molecule has 0 atom stereocenters. The number of hydrogen-bond acceptors (Lipinski definition) is 6. The Morgan fingerprint density at radius 1 is 1.03 bits per heavy atom. The van der Waals surface area contributed by atoms with E-state index in [1.807, 2.05) is 0 Å². The van der Waals surface area contributed by atoms with Gasteiger partial charge in [0.25, 0.3) is 0 Å². The zero-order valence-electron chi connectivity index (χ0n) is 21.5. The first kappa shape index (κ1) is 30.1. The maximum absolute atomic E-state index is 13.2. The molecule has 2 aliphatic heterocycles. The summed E-state index contributed by atoms with van der Waals surface area (Å²) < 4.78 is 31.6. The number of benzene rings is 2. The number of carboxylic acids is 2. The molecule has 2 aliphatic rings. The topological polar surface area (TPSA) is 111 Å². The standard InChI is InChI=1S/C24H29F2N3OS.C4H4O4/c25-21-9-8-20(16-22(21)26)30-15-5-1-4-12-29-13-10-19(11-14-29)27-24-28-23-7-3-2-6-18(23)17-31-24;5-3(6)1-2-4(7)8/h2-3,6-9,16,19H,1,4-5,10-15,17H2,(H,27,28);1-2H,(H,5,6)(H,7,8). The van der Waals surface area contributed by atoms with Gasteiger partial charge in [0, 0.05) is 42.7 Å². The highest BCUT2D eigenvalue weighted by molar-refractivity contribution is 8.13. The Bertz CT molecular complexity index is 1150. The number of rotatable bonds is 10. The van der Waals surface area contributed by atoms with E-state index in [0.29, 0.717) is 30.6 Å². The Morgan fingerprint density at radius 2 is 1.74 bits per heavy atom. The van der Waals surface area contributed by atoms with Crippen LogP contribution in [-0.4, -0.2) is 64.5 Å². The number of para-hydroxylation sites is 1. The van der Waals surface area contributed by atoms with Crippen LogP contribution in [0.15, 0.2) is 59.6 Å². The largest absolute Gasteiger partial charge is 0.493 e. The fourth-order valence-electron chi connectivity index (χ4n) is 4.09. The monoisotopic (exact) mass is 561 g/mol. The van der Waals surface area contributed by atoms with E-state index in [1.54, 1.807) is 11.8 Å². The number of halogens is 2. The van der Waals surface area contributed by atoms with Crippen LogP contribution in [0.1, 0.15) is 37.7 Å². The summed E-state index contributed by atoms with van der Waals surface area (Å²) in [5.41, 5.74) is 2.53. The van der Waals surface area contributed by atoms with Crippen molar-refractivity contribution in [2.75, 3.05) is 31.6 Å². The summed E-state index contributed by atoms with van der Waals surface area (Å²) in [4.78, 5) is 26.6. The lowest BCUT2D eigenvalue weighted by Crippen LogP contribution is -2.36. The van der Waals surface area contributed by atoms with Gasteiger partial charge in [0.1, 0.15) is 5.75 Å². The summed E-state index contributed by atoms with van der Waals surface area (Å²) in [7, 11) is 0. The molecule has 0 aliphatic carbocycles. The summed E-state index contributed by atoms with van der Waals surface area (Å²) >= 11 is 1.80. The van der Waals surface area contributed by atoms with Gasteiger partial charge < -0.3 is 25.2 Å². The van der Waals surface area contributed by atoms with Gasteiger partial charge in [-0.15, -0.1) is 0 Å². The van der Waals surface area contributed by atoms with Gasteiger partial charge in [-0.2, -0.15) is 0 Å². The summed E-state index contributed by atoms with van der Waals surface area (Å²) in [5.74, 6) is -2.85. The van der Waals surface area contributed by atoms with E-state index >= 15 is 0 Å². The number of thioether (sulfide) groups is 1. The fraction of sp³-hybridized carbons (Fsp3) is 0.393. The molecule has 3 N–H and O–H groups in total. The molecule has 11 heteroatoms.